The van der Waals surface area contributed by atoms with Crippen LogP contribution < -0.4 is 5.32 Å². The Hall–Kier alpha value is -2.34. The molecule has 1 aliphatic heterocycles. The van der Waals surface area contributed by atoms with E-state index in [0.29, 0.717) is 5.69 Å². The van der Waals surface area contributed by atoms with Gasteiger partial charge in [0, 0.05) is 16.8 Å². The number of rotatable bonds is 4. The standard InChI is InChI=1S/C22H25F3N2O/c1-27(12-5-2-6-13-27)16-17-8-7-11-20(14-17)26-21(28)18-9-3-4-10-19(15-18)22(23,24)25/h3,7-11,14-15H,2,4-6,12-13,16H2,1H3/p+1. The maximum Gasteiger partial charge on any atom is 0.416 e. The first-order chi connectivity index (χ1) is 13.3. The summed E-state index contributed by atoms with van der Waals surface area (Å²) >= 11 is 0. The van der Waals surface area contributed by atoms with Gasteiger partial charge in [0.15, 0.2) is 0 Å². The van der Waals surface area contributed by atoms with Crippen LogP contribution in [0.15, 0.2) is 59.7 Å². The summed E-state index contributed by atoms with van der Waals surface area (Å²) in [6.07, 6.45) is 4.39. The van der Waals surface area contributed by atoms with Crippen molar-refractivity contribution in [3.8, 4) is 0 Å². The first-order valence-electron chi connectivity index (χ1n) is 9.65. The van der Waals surface area contributed by atoms with Gasteiger partial charge in [-0.2, -0.15) is 13.2 Å². The number of piperidine rings is 1. The van der Waals surface area contributed by atoms with Gasteiger partial charge in [-0.05, 0) is 43.9 Å². The van der Waals surface area contributed by atoms with Gasteiger partial charge >= 0.3 is 6.18 Å². The maximum atomic E-state index is 13.0. The van der Waals surface area contributed by atoms with Crippen molar-refractivity contribution in [3.05, 3.63) is 65.3 Å². The molecular weight excluding hydrogens is 365 g/mol. The third-order valence-electron chi connectivity index (χ3n) is 5.32. The molecule has 0 radical (unpaired) electrons. The molecule has 28 heavy (non-hydrogen) atoms. The van der Waals surface area contributed by atoms with Crippen LogP contribution in [-0.2, 0) is 11.3 Å². The van der Waals surface area contributed by atoms with Crippen molar-refractivity contribution >= 4 is 11.6 Å². The van der Waals surface area contributed by atoms with Gasteiger partial charge in [0.2, 0.25) is 0 Å². The molecule has 3 rings (SSSR count). The van der Waals surface area contributed by atoms with Crippen LogP contribution in [0.5, 0.6) is 0 Å². The maximum absolute atomic E-state index is 13.0. The van der Waals surface area contributed by atoms with Crippen molar-refractivity contribution in [2.24, 2.45) is 0 Å². The van der Waals surface area contributed by atoms with E-state index in [1.807, 2.05) is 18.2 Å². The van der Waals surface area contributed by atoms with Crippen LogP contribution in [0.1, 0.15) is 31.2 Å². The largest absolute Gasteiger partial charge is 0.416 e. The number of carbonyl (C=O) groups excluding carboxylic acids is 1. The molecule has 1 aromatic carbocycles. The molecule has 0 atom stereocenters. The lowest BCUT2D eigenvalue weighted by Gasteiger charge is -2.38. The van der Waals surface area contributed by atoms with Gasteiger partial charge in [-0.3, -0.25) is 4.79 Å². The molecule has 1 amide bonds. The van der Waals surface area contributed by atoms with E-state index < -0.39 is 17.7 Å². The number of nitrogens with one attached hydrogen (secondary N) is 1. The number of benzene rings is 1. The Balaban J connectivity index is 1.72. The minimum Gasteiger partial charge on any atom is -0.322 e. The number of likely N-dealkylation sites (tertiary alicyclic amines) is 1. The Bertz CT molecular complexity index is 815. The van der Waals surface area contributed by atoms with Gasteiger partial charge in [-0.1, -0.05) is 30.4 Å². The second-order valence-electron chi connectivity index (χ2n) is 7.83. The Labute approximate surface area is 163 Å². The molecule has 1 heterocycles. The topological polar surface area (TPSA) is 29.1 Å². The summed E-state index contributed by atoms with van der Waals surface area (Å²) in [7, 11) is 2.25. The summed E-state index contributed by atoms with van der Waals surface area (Å²) in [5, 5.41) is 2.74. The SMILES string of the molecule is C[N+]1(Cc2cccc(NC(=O)C3=CC(C(F)(F)F)=CCC=C3)c2)CCCCC1. The number of nitrogens with zero attached hydrogens (tertiary/aromatic N) is 1. The van der Waals surface area contributed by atoms with E-state index >= 15 is 0 Å². The minimum atomic E-state index is -4.47. The third kappa shape index (κ3) is 5.35. The van der Waals surface area contributed by atoms with E-state index in [4.69, 9.17) is 0 Å². The third-order valence-corrected chi connectivity index (χ3v) is 5.32. The highest BCUT2D eigenvalue weighted by atomic mass is 19.4. The van der Waals surface area contributed by atoms with E-state index in [2.05, 4.69) is 12.4 Å². The van der Waals surface area contributed by atoms with Gasteiger partial charge in [0.05, 0.1) is 25.7 Å². The molecule has 150 valence electrons. The predicted molar refractivity (Wildman–Crippen MR) is 105 cm³/mol. The molecule has 0 unspecified atom stereocenters. The highest BCUT2D eigenvalue weighted by Gasteiger charge is 2.32. The normalized spacial score (nSPS) is 19.4. The van der Waals surface area contributed by atoms with Crippen LogP contribution in [0.4, 0.5) is 18.9 Å². The summed E-state index contributed by atoms with van der Waals surface area (Å²) in [5.41, 5.74) is 0.922. The van der Waals surface area contributed by atoms with Crippen molar-refractivity contribution in [2.45, 2.75) is 38.4 Å². The summed E-state index contributed by atoms with van der Waals surface area (Å²) in [5.74, 6) is -0.538. The number of allylic oxidation sites excluding steroid dienone is 4. The molecule has 3 nitrogen and oxygen atoms in total. The zero-order chi connectivity index (χ0) is 20.2. The molecule has 1 N–H and O–H groups in total. The smallest absolute Gasteiger partial charge is 0.322 e. The van der Waals surface area contributed by atoms with E-state index in [1.165, 1.54) is 25.3 Å². The zero-order valence-corrected chi connectivity index (χ0v) is 16.1. The summed E-state index contributed by atoms with van der Waals surface area (Å²) < 4.78 is 40.0. The molecule has 1 saturated heterocycles. The van der Waals surface area contributed by atoms with Gasteiger partial charge in [-0.25, -0.2) is 0 Å². The minimum absolute atomic E-state index is 0.00139. The van der Waals surface area contributed by atoms with Gasteiger partial charge in [0.1, 0.15) is 6.54 Å². The number of amides is 1. The van der Waals surface area contributed by atoms with E-state index in [1.54, 1.807) is 12.1 Å². The van der Waals surface area contributed by atoms with Gasteiger partial charge in [-0.15, -0.1) is 0 Å². The number of hydrogen-bond acceptors (Lipinski definition) is 1. The quantitative estimate of drug-likeness (QED) is 0.709. The average molecular weight is 391 g/mol. The van der Waals surface area contributed by atoms with Crippen molar-refractivity contribution in [1.29, 1.82) is 0 Å². The number of quaternary nitrogens is 1. The lowest BCUT2D eigenvalue weighted by molar-refractivity contribution is -0.926. The van der Waals surface area contributed by atoms with Crippen LogP contribution in [0.3, 0.4) is 0 Å². The number of alkyl halides is 3. The second kappa shape index (κ2) is 8.35. The van der Waals surface area contributed by atoms with Crippen LogP contribution in [0.2, 0.25) is 0 Å². The molecule has 1 aromatic rings. The van der Waals surface area contributed by atoms with Gasteiger partial charge < -0.3 is 9.80 Å². The van der Waals surface area contributed by atoms with Crippen LogP contribution in [0.25, 0.3) is 0 Å². The van der Waals surface area contributed by atoms with Crippen molar-refractivity contribution in [2.75, 3.05) is 25.5 Å². The monoisotopic (exact) mass is 391 g/mol. The van der Waals surface area contributed by atoms with E-state index in [9.17, 15) is 18.0 Å². The van der Waals surface area contributed by atoms with Crippen molar-refractivity contribution < 1.29 is 22.4 Å². The number of hydrogen-bond donors (Lipinski definition) is 1. The zero-order valence-electron chi connectivity index (χ0n) is 16.1. The Morgan fingerprint density at radius 3 is 2.64 bits per heavy atom. The fraction of sp³-hybridized carbons (Fsp3) is 0.409. The van der Waals surface area contributed by atoms with Crippen LogP contribution >= 0.6 is 0 Å². The summed E-state index contributed by atoms with van der Waals surface area (Å²) in [4.78, 5) is 12.5. The molecule has 0 bridgehead atoms. The average Bonchev–Trinajstić information content (AvgIpc) is 2.88. The molecular formula is C22H26F3N2O+. The molecule has 0 saturated carbocycles. The van der Waals surface area contributed by atoms with Gasteiger partial charge in [0.25, 0.3) is 5.91 Å². The molecule has 0 aromatic heterocycles. The number of halogens is 3. The lowest BCUT2D eigenvalue weighted by atomic mass is 10.1. The fourth-order valence-corrected chi connectivity index (χ4v) is 3.83. The van der Waals surface area contributed by atoms with Crippen LogP contribution in [0, 0.1) is 0 Å². The van der Waals surface area contributed by atoms with Crippen molar-refractivity contribution in [3.63, 3.8) is 0 Å². The fourth-order valence-electron chi connectivity index (χ4n) is 3.83. The molecule has 2 aliphatic rings. The predicted octanol–water partition coefficient (Wildman–Crippen LogP) is 5.13. The number of carbonyl (C=O) groups is 1. The first kappa shape index (κ1) is 20.4. The van der Waals surface area contributed by atoms with E-state index in [0.717, 1.165) is 41.8 Å². The Kier molecular flexibility index (Phi) is 6.08. The number of anilines is 1. The molecule has 6 heteroatoms. The summed E-state index contributed by atoms with van der Waals surface area (Å²) in [6, 6.07) is 7.58. The van der Waals surface area contributed by atoms with Crippen molar-refractivity contribution in [1.82, 2.24) is 0 Å². The highest BCUT2D eigenvalue weighted by molar-refractivity contribution is 6.06. The van der Waals surface area contributed by atoms with Crippen LogP contribution in [-0.4, -0.2) is 36.7 Å². The highest BCUT2D eigenvalue weighted by Crippen LogP contribution is 2.30. The molecule has 1 aliphatic carbocycles. The lowest BCUT2D eigenvalue weighted by Crippen LogP contribution is -2.46. The van der Waals surface area contributed by atoms with E-state index in [-0.39, 0.29) is 12.0 Å². The Morgan fingerprint density at radius 2 is 1.93 bits per heavy atom. The second-order valence-corrected chi connectivity index (χ2v) is 7.83. The first-order valence-corrected chi connectivity index (χ1v) is 9.65. The molecule has 0 spiro atoms. The Morgan fingerprint density at radius 1 is 1.18 bits per heavy atom. The summed E-state index contributed by atoms with van der Waals surface area (Å²) in [6.45, 7) is 3.16. The molecule has 1 fully saturated rings.